The molecule has 0 fully saturated rings. The predicted octanol–water partition coefficient (Wildman–Crippen LogP) is 4.50. The second-order valence-electron chi connectivity index (χ2n) is 5.85. The number of nitrogens with one attached hydrogen (secondary N) is 1. The van der Waals surface area contributed by atoms with Crippen LogP contribution in [0.25, 0.3) is 10.9 Å². The van der Waals surface area contributed by atoms with E-state index in [9.17, 15) is 0 Å². The minimum absolute atomic E-state index is 0.374. The molecule has 116 valence electrons. The van der Waals surface area contributed by atoms with E-state index in [-0.39, 0.29) is 0 Å². The van der Waals surface area contributed by atoms with E-state index in [1.54, 1.807) is 0 Å². The van der Waals surface area contributed by atoms with Crippen molar-refractivity contribution in [1.82, 2.24) is 9.88 Å². The van der Waals surface area contributed by atoms with E-state index in [0.29, 0.717) is 4.75 Å². The van der Waals surface area contributed by atoms with Crippen LogP contribution < -0.4 is 5.32 Å². The van der Waals surface area contributed by atoms with Crippen molar-refractivity contribution < 1.29 is 0 Å². The van der Waals surface area contributed by atoms with Crippen LogP contribution in [0, 0.1) is 6.92 Å². The van der Waals surface area contributed by atoms with Gasteiger partial charge in [0.05, 0.1) is 0 Å². The third kappa shape index (κ3) is 3.14. The first-order valence-electron chi connectivity index (χ1n) is 7.87. The van der Waals surface area contributed by atoms with Gasteiger partial charge in [-0.2, -0.15) is 11.8 Å². The van der Waals surface area contributed by atoms with Gasteiger partial charge in [0.1, 0.15) is 0 Å². The lowest BCUT2D eigenvalue weighted by Crippen LogP contribution is -2.36. The van der Waals surface area contributed by atoms with Crippen molar-refractivity contribution in [2.75, 3.05) is 12.8 Å². The number of nitrogens with zero attached hydrogens (tertiary/aromatic N) is 1. The van der Waals surface area contributed by atoms with Crippen LogP contribution in [0.5, 0.6) is 0 Å². The van der Waals surface area contributed by atoms with E-state index >= 15 is 0 Å². The Hall–Kier alpha value is -0.930. The highest BCUT2D eigenvalue weighted by Gasteiger charge is 2.24. The maximum Gasteiger partial charge on any atom is 0.0483 e. The van der Waals surface area contributed by atoms with E-state index in [1.807, 2.05) is 11.8 Å². The summed E-state index contributed by atoms with van der Waals surface area (Å²) < 4.78 is 2.70. The summed E-state index contributed by atoms with van der Waals surface area (Å²) >= 11 is 2.00. The summed E-state index contributed by atoms with van der Waals surface area (Å²) in [7, 11) is 2.17. The molecule has 21 heavy (non-hydrogen) atoms. The number of fused-ring (bicyclic) bond motifs is 1. The zero-order valence-corrected chi connectivity index (χ0v) is 14.8. The van der Waals surface area contributed by atoms with Gasteiger partial charge in [-0.05, 0) is 37.7 Å². The number of rotatable bonds is 7. The number of hydrogen-bond acceptors (Lipinski definition) is 2. The topological polar surface area (TPSA) is 17.0 Å². The standard InChI is InChI=1S/C18H28N2S/c1-6-18(7-2,21-5)13-19-12-17-14(3)15-10-8-9-11-16(15)20(17)4/h8-11,19H,6-7,12-13H2,1-5H3. The van der Waals surface area contributed by atoms with Crippen LogP contribution >= 0.6 is 11.8 Å². The summed E-state index contributed by atoms with van der Waals surface area (Å²) in [4.78, 5) is 0. The molecule has 1 N–H and O–H groups in total. The molecular weight excluding hydrogens is 276 g/mol. The molecule has 0 aliphatic carbocycles. The fourth-order valence-corrected chi connectivity index (χ4v) is 3.98. The molecule has 0 saturated heterocycles. The Balaban J connectivity index is 2.14. The first-order valence-corrected chi connectivity index (χ1v) is 9.09. The lowest BCUT2D eigenvalue weighted by atomic mass is 10.0. The molecule has 0 unspecified atom stereocenters. The fraction of sp³-hybridized carbons (Fsp3) is 0.556. The summed E-state index contributed by atoms with van der Waals surface area (Å²) in [6.07, 6.45) is 4.66. The number of hydrogen-bond donors (Lipinski definition) is 1. The zero-order valence-electron chi connectivity index (χ0n) is 14.0. The summed E-state index contributed by atoms with van der Waals surface area (Å²) in [5.41, 5.74) is 4.13. The van der Waals surface area contributed by atoms with Gasteiger partial charge in [0, 0.05) is 41.5 Å². The molecule has 0 aliphatic rings. The molecule has 0 bridgehead atoms. The fourth-order valence-electron chi connectivity index (χ4n) is 3.16. The minimum atomic E-state index is 0.374. The Bertz CT molecular complexity index is 549. The molecule has 0 atom stereocenters. The van der Waals surface area contributed by atoms with Crippen LogP contribution in [0.2, 0.25) is 0 Å². The lowest BCUT2D eigenvalue weighted by molar-refractivity contribution is 0.490. The van der Waals surface area contributed by atoms with Crippen LogP contribution in [-0.4, -0.2) is 22.1 Å². The molecule has 2 rings (SSSR count). The Morgan fingerprint density at radius 1 is 1.19 bits per heavy atom. The van der Waals surface area contributed by atoms with Gasteiger partial charge in [-0.25, -0.2) is 0 Å². The third-order valence-corrected chi connectivity index (χ3v) is 6.56. The molecule has 0 amide bonds. The largest absolute Gasteiger partial charge is 0.346 e. The van der Waals surface area contributed by atoms with Crippen molar-refractivity contribution >= 4 is 22.7 Å². The van der Waals surface area contributed by atoms with E-state index in [0.717, 1.165) is 13.1 Å². The van der Waals surface area contributed by atoms with Crippen molar-refractivity contribution in [2.24, 2.45) is 7.05 Å². The monoisotopic (exact) mass is 304 g/mol. The van der Waals surface area contributed by atoms with Gasteiger partial charge in [0.15, 0.2) is 0 Å². The first-order chi connectivity index (χ1) is 10.1. The average Bonchev–Trinajstić information content (AvgIpc) is 2.77. The highest BCUT2D eigenvalue weighted by molar-refractivity contribution is 8.00. The van der Waals surface area contributed by atoms with Crippen molar-refractivity contribution in [3.05, 3.63) is 35.5 Å². The molecule has 0 saturated carbocycles. The molecule has 2 aromatic rings. The van der Waals surface area contributed by atoms with Crippen molar-refractivity contribution in [2.45, 2.75) is 44.9 Å². The Kier molecular flexibility index (Phi) is 5.39. The molecule has 1 aromatic heterocycles. The van der Waals surface area contributed by atoms with Crippen LogP contribution in [0.4, 0.5) is 0 Å². The van der Waals surface area contributed by atoms with Gasteiger partial charge < -0.3 is 9.88 Å². The quantitative estimate of drug-likeness (QED) is 0.811. The van der Waals surface area contributed by atoms with Crippen molar-refractivity contribution in [1.29, 1.82) is 0 Å². The molecular formula is C18H28N2S. The van der Waals surface area contributed by atoms with Gasteiger partial charge in [0.25, 0.3) is 0 Å². The first kappa shape index (κ1) is 16.4. The maximum atomic E-state index is 3.70. The smallest absolute Gasteiger partial charge is 0.0483 e. The lowest BCUT2D eigenvalue weighted by Gasteiger charge is -2.30. The molecule has 1 aromatic carbocycles. The third-order valence-electron chi connectivity index (χ3n) is 4.97. The van der Waals surface area contributed by atoms with Crippen molar-refractivity contribution in [3.8, 4) is 0 Å². The second kappa shape index (κ2) is 6.89. The second-order valence-corrected chi connectivity index (χ2v) is 7.12. The van der Waals surface area contributed by atoms with Gasteiger partial charge in [-0.1, -0.05) is 32.0 Å². The highest BCUT2D eigenvalue weighted by atomic mass is 32.2. The molecule has 0 aliphatic heterocycles. The number of aryl methyl sites for hydroxylation is 2. The summed E-state index contributed by atoms with van der Waals surface area (Å²) in [6.45, 7) is 8.84. The summed E-state index contributed by atoms with van der Waals surface area (Å²) in [5.74, 6) is 0. The van der Waals surface area contributed by atoms with Crippen LogP contribution in [0.1, 0.15) is 37.9 Å². The average molecular weight is 305 g/mol. The molecule has 2 nitrogen and oxygen atoms in total. The maximum absolute atomic E-state index is 3.70. The van der Waals surface area contributed by atoms with Crippen molar-refractivity contribution in [3.63, 3.8) is 0 Å². The number of benzene rings is 1. The number of thioether (sulfide) groups is 1. The number of aromatic nitrogens is 1. The molecule has 0 spiro atoms. The van der Waals surface area contributed by atoms with E-state index < -0.39 is 0 Å². The summed E-state index contributed by atoms with van der Waals surface area (Å²) in [6, 6.07) is 8.67. The van der Waals surface area contributed by atoms with Gasteiger partial charge in [0.2, 0.25) is 0 Å². The van der Waals surface area contributed by atoms with E-state index in [2.05, 4.69) is 68.2 Å². The van der Waals surface area contributed by atoms with Crippen LogP contribution in [-0.2, 0) is 13.6 Å². The van der Waals surface area contributed by atoms with Gasteiger partial charge >= 0.3 is 0 Å². The zero-order chi connectivity index (χ0) is 15.5. The minimum Gasteiger partial charge on any atom is -0.346 e. The van der Waals surface area contributed by atoms with Gasteiger partial charge in [-0.3, -0.25) is 0 Å². The molecule has 3 heteroatoms. The summed E-state index contributed by atoms with van der Waals surface area (Å²) in [5, 5.41) is 5.07. The highest BCUT2D eigenvalue weighted by Crippen LogP contribution is 2.30. The Morgan fingerprint density at radius 2 is 1.86 bits per heavy atom. The Labute approximate surface area is 133 Å². The van der Waals surface area contributed by atoms with Crippen LogP contribution in [0.3, 0.4) is 0 Å². The molecule has 1 heterocycles. The van der Waals surface area contributed by atoms with E-state index in [4.69, 9.17) is 0 Å². The Morgan fingerprint density at radius 3 is 2.43 bits per heavy atom. The van der Waals surface area contributed by atoms with Gasteiger partial charge in [-0.15, -0.1) is 0 Å². The predicted molar refractivity (Wildman–Crippen MR) is 96.2 cm³/mol. The molecule has 0 radical (unpaired) electrons. The number of para-hydroxylation sites is 1. The van der Waals surface area contributed by atoms with E-state index in [1.165, 1.54) is 35.0 Å². The van der Waals surface area contributed by atoms with Crippen LogP contribution in [0.15, 0.2) is 24.3 Å². The normalized spacial score (nSPS) is 12.2. The SMILES string of the molecule is CCC(CC)(CNCc1c(C)c2ccccc2n1C)SC.